The number of fused-ring (bicyclic) bond motifs is 1. The standard InChI is InChI=1S/C24H37O5P/c1-2-3-4-5-6-7-8-9-10-13-19-28-30(25,26)29-21-20-27-24-18-14-16-22-15-11-12-17-23(22)24/h11-12,14-18H,2-10,13,19-21H2,1H3,(H,25,26). The normalized spacial score (nSPS) is 13.4. The van der Waals surface area contributed by atoms with Crippen LogP contribution in [0.15, 0.2) is 42.5 Å². The van der Waals surface area contributed by atoms with E-state index in [4.69, 9.17) is 13.8 Å². The van der Waals surface area contributed by atoms with Crippen molar-refractivity contribution in [2.24, 2.45) is 0 Å². The molecule has 0 saturated heterocycles. The van der Waals surface area contributed by atoms with Crippen LogP contribution in [0.4, 0.5) is 0 Å². The Kier molecular flexibility index (Phi) is 12.1. The number of benzene rings is 2. The van der Waals surface area contributed by atoms with Gasteiger partial charge in [0.25, 0.3) is 0 Å². The van der Waals surface area contributed by atoms with Crippen LogP contribution in [0.3, 0.4) is 0 Å². The molecule has 0 saturated carbocycles. The smallest absolute Gasteiger partial charge is 0.472 e. The lowest BCUT2D eigenvalue weighted by molar-refractivity contribution is 0.128. The number of ether oxygens (including phenoxy) is 1. The second-order valence-electron chi connectivity index (χ2n) is 7.64. The van der Waals surface area contributed by atoms with E-state index in [1.807, 2.05) is 42.5 Å². The maximum absolute atomic E-state index is 12.0. The SMILES string of the molecule is CCCCCCCCCCCCOP(=O)(O)OCCOc1cccc2ccccc12. The van der Waals surface area contributed by atoms with Crippen molar-refractivity contribution < 1.29 is 23.2 Å². The number of hydrogen-bond acceptors (Lipinski definition) is 4. The summed E-state index contributed by atoms with van der Waals surface area (Å²) >= 11 is 0. The van der Waals surface area contributed by atoms with Crippen molar-refractivity contribution in [2.75, 3.05) is 19.8 Å². The Hall–Kier alpha value is -1.39. The summed E-state index contributed by atoms with van der Waals surface area (Å²) in [6, 6.07) is 13.7. The van der Waals surface area contributed by atoms with Crippen LogP contribution in [0.5, 0.6) is 5.75 Å². The summed E-state index contributed by atoms with van der Waals surface area (Å²) in [5.74, 6) is 0.732. The molecule has 0 radical (unpaired) electrons. The van der Waals surface area contributed by atoms with Gasteiger partial charge in [0.1, 0.15) is 12.4 Å². The van der Waals surface area contributed by atoms with Gasteiger partial charge in [0.15, 0.2) is 0 Å². The van der Waals surface area contributed by atoms with E-state index in [1.165, 1.54) is 44.9 Å². The average molecular weight is 437 g/mol. The first-order chi connectivity index (χ1) is 14.6. The van der Waals surface area contributed by atoms with Crippen LogP contribution in [-0.2, 0) is 13.6 Å². The van der Waals surface area contributed by atoms with Gasteiger partial charge in [-0.3, -0.25) is 9.05 Å². The quantitative estimate of drug-likeness (QED) is 0.209. The van der Waals surface area contributed by atoms with Crippen molar-refractivity contribution >= 4 is 18.6 Å². The highest BCUT2D eigenvalue weighted by atomic mass is 31.2. The maximum atomic E-state index is 12.0. The Morgan fingerprint density at radius 3 is 2.07 bits per heavy atom. The molecule has 0 aliphatic rings. The van der Waals surface area contributed by atoms with E-state index >= 15 is 0 Å². The van der Waals surface area contributed by atoms with E-state index in [0.717, 1.165) is 35.8 Å². The molecule has 0 aliphatic heterocycles. The molecule has 5 nitrogen and oxygen atoms in total. The second kappa shape index (κ2) is 14.6. The molecule has 0 amide bonds. The van der Waals surface area contributed by atoms with Gasteiger partial charge in [0.2, 0.25) is 0 Å². The molecule has 1 N–H and O–H groups in total. The molecule has 2 aromatic carbocycles. The Morgan fingerprint density at radius 2 is 1.33 bits per heavy atom. The first-order valence-corrected chi connectivity index (χ1v) is 12.8. The minimum Gasteiger partial charge on any atom is -0.491 e. The van der Waals surface area contributed by atoms with Crippen LogP contribution in [-0.4, -0.2) is 24.7 Å². The molecule has 1 unspecified atom stereocenters. The first kappa shape index (κ1) is 24.9. The Balaban J connectivity index is 1.51. The molecule has 1 atom stereocenters. The largest absolute Gasteiger partial charge is 0.491 e. The predicted octanol–water partition coefficient (Wildman–Crippen LogP) is 7.27. The minimum absolute atomic E-state index is 0.00493. The van der Waals surface area contributed by atoms with Gasteiger partial charge in [-0.15, -0.1) is 0 Å². The molecular formula is C24H37O5P. The molecule has 0 fully saturated rings. The summed E-state index contributed by atoms with van der Waals surface area (Å²) in [6.07, 6.45) is 12.1. The van der Waals surface area contributed by atoms with Gasteiger partial charge in [0.05, 0.1) is 13.2 Å². The molecule has 0 aliphatic carbocycles. The monoisotopic (exact) mass is 436 g/mol. The number of hydrogen-bond donors (Lipinski definition) is 1. The lowest BCUT2D eigenvalue weighted by Gasteiger charge is -2.13. The van der Waals surface area contributed by atoms with Gasteiger partial charge in [-0.25, -0.2) is 4.57 Å². The van der Waals surface area contributed by atoms with Crippen molar-refractivity contribution in [2.45, 2.75) is 71.1 Å². The summed E-state index contributed by atoms with van der Waals surface area (Å²) in [4.78, 5) is 9.78. The first-order valence-electron chi connectivity index (χ1n) is 11.3. The highest BCUT2D eigenvalue weighted by molar-refractivity contribution is 7.47. The van der Waals surface area contributed by atoms with Gasteiger partial charge in [0, 0.05) is 5.39 Å². The summed E-state index contributed by atoms with van der Waals surface area (Å²) in [7, 11) is -4.02. The third-order valence-electron chi connectivity index (χ3n) is 5.10. The van der Waals surface area contributed by atoms with Crippen molar-refractivity contribution in [3.63, 3.8) is 0 Å². The molecule has 0 aromatic heterocycles. The van der Waals surface area contributed by atoms with Crippen LogP contribution in [0.1, 0.15) is 71.1 Å². The van der Waals surface area contributed by atoms with Crippen LogP contribution in [0.2, 0.25) is 0 Å². The summed E-state index contributed by atoms with van der Waals surface area (Å²) in [5.41, 5.74) is 0. The fourth-order valence-electron chi connectivity index (χ4n) is 3.43. The lowest BCUT2D eigenvalue weighted by atomic mass is 10.1. The van der Waals surface area contributed by atoms with E-state index in [2.05, 4.69) is 6.92 Å². The fraction of sp³-hybridized carbons (Fsp3) is 0.583. The predicted molar refractivity (Wildman–Crippen MR) is 123 cm³/mol. The van der Waals surface area contributed by atoms with Gasteiger partial charge < -0.3 is 9.63 Å². The van der Waals surface area contributed by atoms with Crippen molar-refractivity contribution in [3.05, 3.63) is 42.5 Å². The van der Waals surface area contributed by atoms with E-state index in [9.17, 15) is 9.46 Å². The van der Waals surface area contributed by atoms with Crippen LogP contribution in [0, 0.1) is 0 Å². The molecule has 168 valence electrons. The van der Waals surface area contributed by atoms with E-state index in [-0.39, 0.29) is 19.8 Å². The second-order valence-corrected chi connectivity index (χ2v) is 9.10. The van der Waals surface area contributed by atoms with Crippen LogP contribution < -0.4 is 4.74 Å². The molecule has 0 heterocycles. The zero-order chi connectivity index (χ0) is 21.5. The van der Waals surface area contributed by atoms with Gasteiger partial charge in [-0.1, -0.05) is 101 Å². The molecular weight excluding hydrogens is 399 g/mol. The summed E-state index contributed by atoms with van der Waals surface area (Å²) in [6.45, 7) is 2.65. The van der Waals surface area contributed by atoms with Gasteiger partial charge in [-0.05, 0) is 17.9 Å². The Labute approximate surface area is 181 Å². The van der Waals surface area contributed by atoms with E-state index in [1.54, 1.807) is 0 Å². The average Bonchev–Trinajstić information content (AvgIpc) is 2.75. The summed E-state index contributed by atoms with van der Waals surface area (Å²) in [5, 5.41) is 2.09. The van der Waals surface area contributed by atoms with Crippen LogP contribution >= 0.6 is 7.82 Å². The zero-order valence-corrected chi connectivity index (χ0v) is 19.2. The number of unbranched alkanes of at least 4 members (excludes halogenated alkanes) is 9. The molecule has 0 spiro atoms. The number of phosphoric acid groups is 1. The van der Waals surface area contributed by atoms with Gasteiger partial charge in [-0.2, -0.15) is 0 Å². The molecule has 2 aromatic rings. The topological polar surface area (TPSA) is 65.0 Å². The molecule has 30 heavy (non-hydrogen) atoms. The third kappa shape index (κ3) is 10.1. The molecule has 0 bridgehead atoms. The minimum atomic E-state index is -4.02. The van der Waals surface area contributed by atoms with Gasteiger partial charge >= 0.3 is 7.82 Å². The maximum Gasteiger partial charge on any atom is 0.472 e. The van der Waals surface area contributed by atoms with Crippen molar-refractivity contribution in [1.29, 1.82) is 0 Å². The Morgan fingerprint density at radius 1 is 0.733 bits per heavy atom. The molecule has 2 rings (SSSR count). The zero-order valence-electron chi connectivity index (χ0n) is 18.3. The van der Waals surface area contributed by atoms with E-state index < -0.39 is 7.82 Å². The lowest BCUT2D eigenvalue weighted by Crippen LogP contribution is -2.07. The number of phosphoric ester groups is 1. The van der Waals surface area contributed by atoms with Crippen LogP contribution in [0.25, 0.3) is 10.8 Å². The fourth-order valence-corrected chi connectivity index (χ4v) is 4.17. The highest BCUT2D eigenvalue weighted by Gasteiger charge is 2.20. The Bertz CT molecular complexity index is 759. The number of rotatable bonds is 17. The van der Waals surface area contributed by atoms with Crippen molar-refractivity contribution in [3.8, 4) is 5.75 Å². The van der Waals surface area contributed by atoms with Crippen molar-refractivity contribution in [1.82, 2.24) is 0 Å². The third-order valence-corrected chi connectivity index (χ3v) is 6.12. The highest BCUT2D eigenvalue weighted by Crippen LogP contribution is 2.43. The molecule has 6 heteroatoms. The summed E-state index contributed by atoms with van der Waals surface area (Å²) < 4.78 is 27.7. The van der Waals surface area contributed by atoms with E-state index in [0.29, 0.717) is 0 Å².